The second-order valence-electron chi connectivity index (χ2n) is 2.30. The van der Waals surface area contributed by atoms with Crippen molar-refractivity contribution in [1.82, 2.24) is 9.97 Å². The van der Waals surface area contributed by atoms with E-state index >= 15 is 0 Å². The molecule has 0 spiro atoms. The minimum absolute atomic E-state index is 0.519. The lowest BCUT2D eigenvalue weighted by Gasteiger charge is -1.99. The van der Waals surface area contributed by atoms with Crippen molar-refractivity contribution in [3.05, 3.63) is 33.2 Å². The molecule has 60 valence electrons. The lowest BCUT2D eigenvalue weighted by Crippen LogP contribution is -1.85. The Morgan fingerprint density at radius 2 is 2.08 bits per heavy atom. The molecule has 0 saturated heterocycles. The van der Waals surface area contributed by atoms with Gasteiger partial charge in [0.25, 0.3) is 0 Å². The van der Waals surface area contributed by atoms with E-state index in [0.717, 1.165) is 14.5 Å². The zero-order valence-corrected chi connectivity index (χ0v) is 8.87. The predicted molar refractivity (Wildman–Crippen MR) is 57.3 cm³/mol. The first-order valence-electron chi connectivity index (χ1n) is 3.34. The van der Waals surface area contributed by atoms with Crippen LogP contribution in [-0.4, -0.2) is 9.97 Å². The summed E-state index contributed by atoms with van der Waals surface area (Å²) < 4.78 is 1.08. The molecule has 12 heavy (non-hydrogen) atoms. The number of aromatic nitrogens is 2. The molecule has 0 saturated carbocycles. The molecule has 1 aromatic carbocycles. The Labute approximate surface area is 88.1 Å². The second kappa shape index (κ2) is 3.14. The number of fused-ring (bicyclic) bond motifs is 1. The summed E-state index contributed by atoms with van der Waals surface area (Å²) >= 11 is 8.13. The Bertz CT molecular complexity index is 394. The summed E-state index contributed by atoms with van der Waals surface area (Å²) in [7, 11) is 0. The summed E-state index contributed by atoms with van der Waals surface area (Å²) in [5, 5.41) is 1.45. The molecule has 2 nitrogen and oxygen atoms in total. The number of rotatable bonds is 0. The quantitative estimate of drug-likeness (QED) is 0.551. The third-order valence-corrected chi connectivity index (χ3v) is 2.75. The van der Waals surface area contributed by atoms with Crippen LogP contribution in [-0.2, 0) is 0 Å². The molecule has 2 aromatic rings. The monoisotopic (exact) mass is 290 g/mol. The fourth-order valence-corrected chi connectivity index (χ4v) is 2.17. The van der Waals surface area contributed by atoms with Crippen LogP contribution in [0.2, 0.25) is 5.15 Å². The SMILES string of the molecule is Clc1ncnc2cccc(I)c12. The van der Waals surface area contributed by atoms with Gasteiger partial charge in [0, 0.05) is 3.57 Å². The maximum atomic E-state index is 5.91. The highest BCUT2D eigenvalue weighted by atomic mass is 127. The zero-order valence-electron chi connectivity index (χ0n) is 5.96. The number of nitrogens with zero attached hydrogens (tertiary/aromatic N) is 2. The van der Waals surface area contributed by atoms with Crippen molar-refractivity contribution in [2.24, 2.45) is 0 Å². The molecular formula is C8H4ClIN2. The molecule has 0 aliphatic heterocycles. The minimum atomic E-state index is 0.519. The lowest BCUT2D eigenvalue weighted by molar-refractivity contribution is 1.22. The molecule has 1 aromatic heterocycles. The van der Waals surface area contributed by atoms with Gasteiger partial charge in [0.2, 0.25) is 0 Å². The van der Waals surface area contributed by atoms with E-state index < -0.39 is 0 Å². The molecule has 1 heterocycles. The van der Waals surface area contributed by atoms with Gasteiger partial charge in [-0.1, -0.05) is 17.7 Å². The first-order chi connectivity index (χ1) is 5.79. The molecule has 0 fully saturated rings. The van der Waals surface area contributed by atoms with E-state index in [1.54, 1.807) is 0 Å². The van der Waals surface area contributed by atoms with E-state index in [4.69, 9.17) is 11.6 Å². The van der Waals surface area contributed by atoms with Crippen LogP contribution >= 0.6 is 34.2 Å². The Hall–Kier alpha value is -0.420. The van der Waals surface area contributed by atoms with E-state index in [9.17, 15) is 0 Å². The highest BCUT2D eigenvalue weighted by Gasteiger charge is 2.03. The lowest BCUT2D eigenvalue weighted by atomic mass is 10.2. The van der Waals surface area contributed by atoms with Crippen LogP contribution in [0, 0.1) is 3.57 Å². The van der Waals surface area contributed by atoms with E-state index in [-0.39, 0.29) is 0 Å². The van der Waals surface area contributed by atoms with E-state index in [1.807, 2.05) is 18.2 Å². The summed E-state index contributed by atoms with van der Waals surface area (Å²) in [6.07, 6.45) is 1.47. The van der Waals surface area contributed by atoms with Gasteiger partial charge >= 0.3 is 0 Å². The number of hydrogen-bond acceptors (Lipinski definition) is 2. The Balaban J connectivity index is 2.96. The summed E-state index contributed by atoms with van der Waals surface area (Å²) in [6, 6.07) is 5.86. The Kier molecular flexibility index (Phi) is 2.14. The van der Waals surface area contributed by atoms with Crippen LogP contribution < -0.4 is 0 Å². The molecule has 0 atom stereocenters. The topological polar surface area (TPSA) is 25.8 Å². The molecule has 2 rings (SSSR count). The van der Waals surface area contributed by atoms with Gasteiger partial charge in [-0.05, 0) is 34.7 Å². The Morgan fingerprint density at radius 3 is 2.83 bits per heavy atom. The first-order valence-corrected chi connectivity index (χ1v) is 4.79. The summed E-state index contributed by atoms with van der Waals surface area (Å²) in [5.41, 5.74) is 0.891. The van der Waals surface area contributed by atoms with Gasteiger partial charge in [-0.25, -0.2) is 9.97 Å². The van der Waals surface area contributed by atoms with Crippen LogP contribution in [0.25, 0.3) is 10.9 Å². The molecule has 0 N–H and O–H groups in total. The van der Waals surface area contributed by atoms with E-state index in [2.05, 4.69) is 32.6 Å². The van der Waals surface area contributed by atoms with Crippen molar-refractivity contribution < 1.29 is 0 Å². The van der Waals surface area contributed by atoms with Crippen molar-refractivity contribution in [2.75, 3.05) is 0 Å². The minimum Gasteiger partial charge on any atom is -0.236 e. The number of benzene rings is 1. The fraction of sp³-hybridized carbons (Fsp3) is 0. The molecular weight excluding hydrogens is 286 g/mol. The average Bonchev–Trinajstić information content (AvgIpc) is 2.04. The molecule has 0 radical (unpaired) electrons. The van der Waals surface area contributed by atoms with Crippen molar-refractivity contribution in [2.45, 2.75) is 0 Å². The van der Waals surface area contributed by atoms with Crippen LogP contribution in [0.4, 0.5) is 0 Å². The largest absolute Gasteiger partial charge is 0.236 e. The fourth-order valence-electron chi connectivity index (χ4n) is 1.03. The number of hydrogen-bond donors (Lipinski definition) is 0. The number of halogens is 2. The van der Waals surface area contributed by atoms with Gasteiger partial charge < -0.3 is 0 Å². The molecule has 4 heteroatoms. The smallest absolute Gasteiger partial charge is 0.141 e. The van der Waals surface area contributed by atoms with E-state index in [1.165, 1.54) is 6.33 Å². The van der Waals surface area contributed by atoms with Crippen molar-refractivity contribution in [3.8, 4) is 0 Å². The summed E-state index contributed by atoms with van der Waals surface area (Å²) in [4.78, 5) is 8.02. The summed E-state index contributed by atoms with van der Waals surface area (Å²) in [6.45, 7) is 0. The maximum Gasteiger partial charge on any atom is 0.141 e. The van der Waals surface area contributed by atoms with Gasteiger partial charge in [-0.3, -0.25) is 0 Å². The molecule has 0 amide bonds. The highest BCUT2D eigenvalue weighted by Crippen LogP contribution is 2.23. The van der Waals surface area contributed by atoms with Crippen molar-refractivity contribution in [1.29, 1.82) is 0 Å². The standard InChI is InChI=1S/C8H4ClIN2/c9-8-7-5(10)2-1-3-6(7)11-4-12-8/h1-4H. The van der Waals surface area contributed by atoms with E-state index in [0.29, 0.717) is 5.15 Å². The highest BCUT2D eigenvalue weighted by molar-refractivity contribution is 14.1. The van der Waals surface area contributed by atoms with Crippen LogP contribution in [0.5, 0.6) is 0 Å². The molecule has 0 aliphatic rings. The van der Waals surface area contributed by atoms with Gasteiger partial charge in [-0.15, -0.1) is 0 Å². The summed E-state index contributed by atoms with van der Waals surface area (Å²) in [5.74, 6) is 0. The third kappa shape index (κ3) is 1.27. The van der Waals surface area contributed by atoms with Crippen LogP contribution in [0.1, 0.15) is 0 Å². The average molecular weight is 290 g/mol. The van der Waals surface area contributed by atoms with Crippen molar-refractivity contribution in [3.63, 3.8) is 0 Å². The van der Waals surface area contributed by atoms with Gasteiger partial charge in [0.05, 0.1) is 10.9 Å². The zero-order chi connectivity index (χ0) is 8.55. The molecule has 0 bridgehead atoms. The third-order valence-electron chi connectivity index (χ3n) is 1.57. The van der Waals surface area contributed by atoms with Crippen LogP contribution in [0.15, 0.2) is 24.5 Å². The normalized spacial score (nSPS) is 10.5. The predicted octanol–water partition coefficient (Wildman–Crippen LogP) is 2.89. The molecule has 0 unspecified atom stereocenters. The van der Waals surface area contributed by atoms with Gasteiger partial charge in [0.15, 0.2) is 0 Å². The Morgan fingerprint density at radius 1 is 1.25 bits per heavy atom. The maximum absolute atomic E-state index is 5.91. The van der Waals surface area contributed by atoms with Crippen LogP contribution in [0.3, 0.4) is 0 Å². The van der Waals surface area contributed by atoms with Gasteiger partial charge in [0.1, 0.15) is 11.5 Å². The van der Waals surface area contributed by atoms with Crippen molar-refractivity contribution >= 4 is 45.1 Å². The second-order valence-corrected chi connectivity index (χ2v) is 3.82. The van der Waals surface area contributed by atoms with Gasteiger partial charge in [-0.2, -0.15) is 0 Å². The first kappa shape index (κ1) is 8.19. The molecule has 0 aliphatic carbocycles.